The van der Waals surface area contributed by atoms with Gasteiger partial charge in [-0.15, -0.1) is 24.0 Å². The predicted molar refractivity (Wildman–Crippen MR) is 101 cm³/mol. The molecule has 6 heteroatoms. The van der Waals surface area contributed by atoms with Crippen LogP contribution in [0.5, 0.6) is 5.75 Å². The van der Waals surface area contributed by atoms with Crippen LogP contribution >= 0.6 is 35.6 Å². The largest absolute Gasteiger partial charge is 0.493 e. The lowest BCUT2D eigenvalue weighted by Crippen LogP contribution is -2.32. The lowest BCUT2D eigenvalue weighted by atomic mass is 10.1. The van der Waals surface area contributed by atoms with Crippen molar-refractivity contribution >= 4 is 41.5 Å². The van der Waals surface area contributed by atoms with Crippen LogP contribution in [-0.2, 0) is 6.54 Å². The molecular weight excluding hydrogens is 401 g/mol. The van der Waals surface area contributed by atoms with Crippen molar-refractivity contribution in [1.29, 1.82) is 0 Å². The Labute approximate surface area is 149 Å². The molecule has 4 nitrogen and oxygen atoms in total. The van der Waals surface area contributed by atoms with Crippen molar-refractivity contribution in [3.05, 3.63) is 28.8 Å². The number of nitrogens with zero attached hydrogens (tertiary/aromatic N) is 1. The fraction of sp³-hybridized carbons (Fsp3) is 0.533. The second kappa shape index (κ2) is 11.0. The zero-order valence-corrected chi connectivity index (χ0v) is 15.9. The van der Waals surface area contributed by atoms with Crippen molar-refractivity contribution in [2.75, 3.05) is 13.2 Å². The first-order valence-electron chi connectivity index (χ1n) is 6.98. The highest BCUT2D eigenvalue weighted by molar-refractivity contribution is 14.0. The molecule has 0 saturated heterocycles. The molecule has 0 atom stereocenters. The van der Waals surface area contributed by atoms with Gasteiger partial charge < -0.3 is 15.8 Å². The SMILES string of the molecule is CCOc1cc(Cl)ccc1CN=C(N)NCCC(C)C.I. The first-order valence-corrected chi connectivity index (χ1v) is 7.35. The van der Waals surface area contributed by atoms with E-state index in [4.69, 9.17) is 22.1 Å². The number of nitrogens with one attached hydrogen (secondary N) is 1. The van der Waals surface area contributed by atoms with E-state index in [-0.39, 0.29) is 24.0 Å². The highest BCUT2D eigenvalue weighted by Crippen LogP contribution is 2.24. The van der Waals surface area contributed by atoms with Crippen LogP contribution in [0.25, 0.3) is 0 Å². The van der Waals surface area contributed by atoms with Crippen LogP contribution in [0.1, 0.15) is 32.8 Å². The van der Waals surface area contributed by atoms with E-state index >= 15 is 0 Å². The molecule has 0 aliphatic heterocycles. The van der Waals surface area contributed by atoms with E-state index in [0.717, 1.165) is 24.3 Å². The summed E-state index contributed by atoms with van der Waals surface area (Å²) in [6.45, 7) is 8.21. The summed E-state index contributed by atoms with van der Waals surface area (Å²) in [5.74, 6) is 1.87. The van der Waals surface area contributed by atoms with E-state index in [1.54, 1.807) is 6.07 Å². The fourth-order valence-corrected chi connectivity index (χ4v) is 1.83. The summed E-state index contributed by atoms with van der Waals surface area (Å²) in [6, 6.07) is 5.55. The lowest BCUT2D eigenvalue weighted by molar-refractivity contribution is 0.336. The molecule has 0 saturated carbocycles. The number of hydrogen-bond acceptors (Lipinski definition) is 2. The van der Waals surface area contributed by atoms with Gasteiger partial charge in [-0.25, -0.2) is 4.99 Å². The zero-order valence-electron chi connectivity index (χ0n) is 12.9. The van der Waals surface area contributed by atoms with Gasteiger partial charge in [0.2, 0.25) is 0 Å². The summed E-state index contributed by atoms with van der Waals surface area (Å²) >= 11 is 5.96. The van der Waals surface area contributed by atoms with Crippen molar-refractivity contribution in [3.63, 3.8) is 0 Å². The van der Waals surface area contributed by atoms with E-state index in [0.29, 0.717) is 30.1 Å². The summed E-state index contributed by atoms with van der Waals surface area (Å²) < 4.78 is 5.55. The molecule has 0 fully saturated rings. The van der Waals surface area contributed by atoms with E-state index in [1.165, 1.54) is 0 Å². The van der Waals surface area contributed by atoms with Crippen molar-refractivity contribution in [1.82, 2.24) is 5.32 Å². The Morgan fingerprint density at radius 2 is 2.14 bits per heavy atom. The van der Waals surface area contributed by atoms with Crippen LogP contribution in [0, 0.1) is 5.92 Å². The smallest absolute Gasteiger partial charge is 0.188 e. The maximum atomic E-state index is 5.96. The first-order chi connectivity index (χ1) is 9.52. The number of benzene rings is 1. The summed E-state index contributed by atoms with van der Waals surface area (Å²) in [4.78, 5) is 4.32. The van der Waals surface area contributed by atoms with Gasteiger partial charge in [0.05, 0.1) is 13.2 Å². The first kappa shape index (κ1) is 20.3. The Balaban J connectivity index is 0.00000400. The number of aliphatic imine (C=N–C) groups is 1. The van der Waals surface area contributed by atoms with Gasteiger partial charge in [-0.2, -0.15) is 0 Å². The van der Waals surface area contributed by atoms with Gasteiger partial charge in [-0.05, 0) is 31.4 Å². The molecule has 21 heavy (non-hydrogen) atoms. The van der Waals surface area contributed by atoms with Crippen LogP contribution in [0.15, 0.2) is 23.2 Å². The van der Waals surface area contributed by atoms with Crippen LogP contribution in [0.2, 0.25) is 5.02 Å². The van der Waals surface area contributed by atoms with Crippen molar-refractivity contribution in [3.8, 4) is 5.75 Å². The Morgan fingerprint density at radius 3 is 2.76 bits per heavy atom. The minimum Gasteiger partial charge on any atom is -0.493 e. The quantitative estimate of drug-likeness (QED) is 0.397. The van der Waals surface area contributed by atoms with Gasteiger partial charge in [0.1, 0.15) is 5.75 Å². The minimum atomic E-state index is 0. The number of rotatable bonds is 7. The molecule has 0 aromatic heterocycles. The maximum Gasteiger partial charge on any atom is 0.188 e. The lowest BCUT2D eigenvalue weighted by Gasteiger charge is -2.10. The Morgan fingerprint density at radius 1 is 1.43 bits per heavy atom. The second-order valence-electron chi connectivity index (χ2n) is 5.00. The van der Waals surface area contributed by atoms with Gasteiger partial charge in [-0.3, -0.25) is 0 Å². The van der Waals surface area contributed by atoms with Gasteiger partial charge in [0, 0.05) is 17.1 Å². The van der Waals surface area contributed by atoms with Crippen molar-refractivity contribution in [2.24, 2.45) is 16.6 Å². The number of nitrogens with two attached hydrogens (primary N) is 1. The molecule has 1 aromatic carbocycles. The topological polar surface area (TPSA) is 59.6 Å². The van der Waals surface area contributed by atoms with Crippen LogP contribution < -0.4 is 15.8 Å². The summed E-state index contributed by atoms with van der Waals surface area (Å²) in [7, 11) is 0. The molecule has 0 aliphatic carbocycles. The molecule has 3 N–H and O–H groups in total. The van der Waals surface area contributed by atoms with E-state index < -0.39 is 0 Å². The van der Waals surface area contributed by atoms with Gasteiger partial charge in [0.25, 0.3) is 0 Å². The average Bonchev–Trinajstić information content (AvgIpc) is 2.37. The summed E-state index contributed by atoms with van der Waals surface area (Å²) in [5.41, 5.74) is 6.81. The van der Waals surface area contributed by atoms with Crippen LogP contribution in [0.4, 0.5) is 0 Å². The van der Waals surface area contributed by atoms with Crippen LogP contribution in [0.3, 0.4) is 0 Å². The molecule has 0 unspecified atom stereocenters. The Bertz CT molecular complexity index is 453. The number of halogens is 2. The summed E-state index contributed by atoms with van der Waals surface area (Å²) in [6.07, 6.45) is 1.07. The zero-order chi connectivity index (χ0) is 15.0. The molecule has 120 valence electrons. The molecule has 0 amide bonds. The highest BCUT2D eigenvalue weighted by Gasteiger charge is 2.04. The molecular formula is C15H25ClIN3O. The fourth-order valence-electron chi connectivity index (χ4n) is 1.66. The number of guanidine groups is 1. The Hall–Kier alpha value is -0.690. The van der Waals surface area contributed by atoms with Gasteiger partial charge in [0.15, 0.2) is 5.96 Å². The molecule has 0 heterocycles. The molecule has 1 rings (SSSR count). The number of hydrogen-bond donors (Lipinski definition) is 2. The standard InChI is InChI=1S/C15H24ClN3O.HI/c1-4-20-14-9-13(16)6-5-12(14)10-19-15(17)18-8-7-11(2)3;/h5-6,9,11H,4,7-8,10H2,1-3H3,(H3,17,18,19);1H. The molecule has 0 radical (unpaired) electrons. The Kier molecular flexibility index (Phi) is 10.6. The third kappa shape index (κ3) is 8.36. The third-order valence-electron chi connectivity index (χ3n) is 2.78. The predicted octanol–water partition coefficient (Wildman–Crippen LogP) is 3.81. The van der Waals surface area contributed by atoms with E-state index in [9.17, 15) is 0 Å². The monoisotopic (exact) mass is 425 g/mol. The van der Waals surface area contributed by atoms with Crippen molar-refractivity contribution in [2.45, 2.75) is 33.7 Å². The minimum absolute atomic E-state index is 0. The molecule has 0 spiro atoms. The normalized spacial score (nSPS) is 11.2. The van der Waals surface area contributed by atoms with E-state index in [2.05, 4.69) is 24.2 Å². The van der Waals surface area contributed by atoms with Crippen LogP contribution in [-0.4, -0.2) is 19.1 Å². The molecule has 0 aliphatic rings. The average molecular weight is 426 g/mol. The second-order valence-corrected chi connectivity index (χ2v) is 5.43. The highest BCUT2D eigenvalue weighted by atomic mass is 127. The molecule has 0 bridgehead atoms. The third-order valence-corrected chi connectivity index (χ3v) is 3.01. The van der Waals surface area contributed by atoms with Crippen molar-refractivity contribution < 1.29 is 4.74 Å². The maximum absolute atomic E-state index is 5.96. The van der Waals surface area contributed by atoms with E-state index in [1.807, 2.05) is 19.1 Å². The van der Waals surface area contributed by atoms with Gasteiger partial charge >= 0.3 is 0 Å². The summed E-state index contributed by atoms with van der Waals surface area (Å²) in [5, 5.41) is 3.76. The number of ether oxygens (including phenoxy) is 1. The van der Waals surface area contributed by atoms with Gasteiger partial charge in [-0.1, -0.05) is 31.5 Å². The molecule has 1 aromatic rings.